The first-order valence-corrected chi connectivity index (χ1v) is 19.1. The van der Waals surface area contributed by atoms with Gasteiger partial charge in [-0.1, -0.05) is 62.7 Å². The molecule has 0 unspecified atom stereocenters. The van der Waals surface area contributed by atoms with Gasteiger partial charge in [-0.25, -0.2) is 8.78 Å². The molecule has 6 rings (SSSR count). The minimum Gasteiger partial charge on any atom is -0.462 e. The van der Waals surface area contributed by atoms with Crippen LogP contribution in [0, 0.1) is 41.2 Å². The smallest absolute Gasteiger partial charge is 0.309 e. The van der Waals surface area contributed by atoms with E-state index >= 15 is 0 Å². The van der Waals surface area contributed by atoms with Crippen molar-refractivity contribution in [3.05, 3.63) is 114 Å². The number of rotatable bonds is 7. The standard InChI is InChI=1S/C25H28FNO2.C14H15FNOP/c1-4-21-15(2)12-23-24(16(3)29-25(23)28)22(21)11-10-20-9-8-18(14-27-20)17-6-5-7-19(26)13-17;1-18(2,17)10-14-7-6-12(9-16-14)11-4-3-5-13(15)8-11/h5-11,13-16,21-24H,4,12H2,1-3H3;3-9H,10H2,1-2H3/b11-10+;/t15-,16+,21+,22-,23+,24-;/m0./s1. The Morgan fingerprint density at radius 1 is 0.872 bits per heavy atom. The van der Waals surface area contributed by atoms with E-state index in [-0.39, 0.29) is 35.5 Å². The van der Waals surface area contributed by atoms with E-state index < -0.39 is 7.14 Å². The van der Waals surface area contributed by atoms with Gasteiger partial charge in [-0.15, -0.1) is 0 Å². The first-order chi connectivity index (χ1) is 22.4. The number of pyridine rings is 2. The van der Waals surface area contributed by atoms with Crippen LogP contribution in [0.3, 0.4) is 0 Å². The maximum Gasteiger partial charge on any atom is 0.309 e. The Balaban J connectivity index is 0.000000207. The van der Waals surface area contributed by atoms with E-state index in [0.29, 0.717) is 23.9 Å². The van der Waals surface area contributed by atoms with Gasteiger partial charge in [0.2, 0.25) is 0 Å². The highest BCUT2D eigenvalue weighted by molar-refractivity contribution is 7.61. The third kappa shape index (κ3) is 8.70. The second kappa shape index (κ2) is 14.9. The number of carbonyl (C=O) groups is 1. The number of halogens is 2. The number of benzene rings is 2. The number of fused-ring (bicyclic) bond motifs is 1. The minimum atomic E-state index is -2.11. The van der Waals surface area contributed by atoms with Gasteiger partial charge in [-0.2, -0.15) is 0 Å². The van der Waals surface area contributed by atoms with Crippen LogP contribution in [0.5, 0.6) is 0 Å². The molecule has 4 aromatic rings. The van der Waals surface area contributed by atoms with E-state index in [1.54, 1.807) is 37.9 Å². The molecule has 1 aliphatic carbocycles. The third-order valence-corrected chi connectivity index (χ3v) is 10.4. The van der Waals surface area contributed by atoms with Gasteiger partial charge in [0.25, 0.3) is 0 Å². The summed E-state index contributed by atoms with van der Waals surface area (Å²) in [5, 5.41) is 0. The lowest BCUT2D eigenvalue weighted by Gasteiger charge is -2.41. The zero-order valence-corrected chi connectivity index (χ0v) is 28.5. The number of cyclic esters (lactones) is 1. The molecular weight excluding hydrogens is 613 g/mol. The van der Waals surface area contributed by atoms with Gasteiger partial charge in [0.15, 0.2) is 0 Å². The number of hydrogen-bond donors (Lipinski definition) is 0. The minimum absolute atomic E-state index is 0.0146. The lowest BCUT2D eigenvalue weighted by molar-refractivity contribution is -0.144. The number of esters is 1. The SMILES string of the molecule is CC[C@H]1[C@H](/C=C/c2ccc(-c3cccc(F)c3)cn2)[C@@H]2[C@@H](C)OC(=O)[C@@H]2C[C@@H]1C.CP(C)(=O)Cc1ccc(-c2cccc(F)c2)cn1. The Morgan fingerprint density at radius 3 is 2.00 bits per heavy atom. The Kier molecular flexibility index (Phi) is 10.9. The number of carbonyl (C=O) groups excluding carboxylic acids is 1. The van der Waals surface area contributed by atoms with E-state index in [0.717, 1.165) is 46.5 Å². The van der Waals surface area contributed by atoms with Gasteiger partial charge >= 0.3 is 5.97 Å². The van der Waals surface area contributed by atoms with Crippen LogP contribution >= 0.6 is 7.14 Å². The van der Waals surface area contributed by atoms with Crippen LogP contribution in [0.25, 0.3) is 28.3 Å². The Morgan fingerprint density at radius 2 is 1.49 bits per heavy atom. The first-order valence-electron chi connectivity index (χ1n) is 16.3. The molecule has 246 valence electrons. The van der Waals surface area contributed by atoms with Gasteiger partial charge in [-0.3, -0.25) is 14.8 Å². The number of aromatic nitrogens is 2. The zero-order valence-electron chi connectivity index (χ0n) is 27.6. The van der Waals surface area contributed by atoms with Crippen molar-refractivity contribution in [1.82, 2.24) is 9.97 Å². The van der Waals surface area contributed by atoms with Gasteiger partial charge in [-0.05, 0) is 98.0 Å². The van der Waals surface area contributed by atoms with Crippen molar-refractivity contribution in [3.63, 3.8) is 0 Å². The van der Waals surface area contributed by atoms with E-state index in [2.05, 4.69) is 36.0 Å². The summed E-state index contributed by atoms with van der Waals surface area (Å²) < 4.78 is 43.8. The summed E-state index contributed by atoms with van der Waals surface area (Å²) in [7, 11) is -2.11. The van der Waals surface area contributed by atoms with E-state index in [1.165, 1.54) is 24.3 Å². The van der Waals surface area contributed by atoms with Crippen LogP contribution in [0.2, 0.25) is 0 Å². The van der Waals surface area contributed by atoms with Crippen molar-refractivity contribution in [2.24, 2.45) is 29.6 Å². The lowest BCUT2D eigenvalue weighted by atomic mass is 9.61. The normalized spacial score (nSPS) is 23.9. The molecule has 0 radical (unpaired) electrons. The summed E-state index contributed by atoms with van der Waals surface area (Å²) in [5.41, 5.74) is 5.04. The average Bonchev–Trinajstić information content (AvgIpc) is 3.32. The molecule has 2 aromatic heterocycles. The molecule has 2 aliphatic rings. The second-order valence-electron chi connectivity index (χ2n) is 13.3. The highest BCUT2D eigenvalue weighted by Gasteiger charge is 2.52. The van der Waals surface area contributed by atoms with Crippen LogP contribution in [-0.2, 0) is 20.3 Å². The molecular formula is C39H43F2N2O3P. The number of hydrogen-bond acceptors (Lipinski definition) is 5. The van der Waals surface area contributed by atoms with Crippen LogP contribution in [0.15, 0.2) is 91.3 Å². The molecule has 0 spiro atoms. The van der Waals surface area contributed by atoms with E-state index in [4.69, 9.17) is 4.74 Å². The van der Waals surface area contributed by atoms with Crippen LogP contribution in [-0.4, -0.2) is 35.4 Å². The van der Waals surface area contributed by atoms with Crippen molar-refractivity contribution < 1.29 is 22.9 Å². The number of allylic oxidation sites excluding steroid dienone is 1. The molecule has 2 aromatic carbocycles. The number of nitrogens with zero attached hydrogens (tertiary/aromatic N) is 2. The average molecular weight is 657 g/mol. The van der Waals surface area contributed by atoms with Crippen molar-refractivity contribution in [2.75, 3.05) is 13.3 Å². The van der Waals surface area contributed by atoms with Crippen LogP contribution < -0.4 is 0 Å². The fraction of sp³-hybridized carbons (Fsp3) is 0.359. The Bertz CT molecular complexity index is 1750. The summed E-state index contributed by atoms with van der Waals surface area (Å²) >= 11 is 0. The fourth-order valence-electron chi connectivity index (χ4n) is 7.15. The maximum absolute atomic E-state index is 13.5. The second-order valence-corrected chi connectivity index (χ2v) is 16.8. The summed E-state index contributed by atoms with van der Waals surface area (Å²) in [6.45, 7) is 10.0. The van der Waals surface area contributed by atoms with Crippen LogP contribution in [0.4, 0.5) is 8.78 Å². The fourth-order valence-corrected chi connectivity index (χ4v) is 8.12. The molecule has 1 saturated heterocycles. The summed E-state index contributed by atoms with van der Waals surface area (Å²) in [6, 6.07) is 20.6. The highest BCUT2D eigenvalue weighted by atomic mass is 31.2. The molecule has 8 heteroatoms. The summed E-state index contributed by atoms with van der Waals surface area (Å²) in [5.74, 6) is 1.06. The predicted octanol–water partition coefficient (Wildman–Crippen LogP) is 9.77. The molecule has 47 heavy (non-hydrogen) atoms. The highest BCUT2D eigenvalue weighted by Crippen LogP contribution is 2.50. The molecule has 1 aliphatic heterocycles. The monoisotopic (exact) mass is 656 g/mol. The van der Waals surface area contributed by atoms with Gasteiger partial charge in [0.05, 0.1) is 18.8 Å². The van der Waals surface area contributed by atoms with Crippen molar-refractivity contribution in [3.8, 4) is 22.3 Å². The molecule has 0 N–H and O–H groups in total. The van der Waals surface area contributed by atoms with Crippen LogP contribution in [0.1, 0.15) is 45.0 Å². The molecule has 0 bridgehead atoms. The molecule has 6 atom stereocenters. The van der Waals surface area contributed by atoms with Crippen molar-refractivity contribution in [2.45, 2.75) is 45.9 Å². The lowest BCUT2D eigenvalue weighted by Crippen LogP contribution is -2.40. The summed E-state index contributed by atoms with van der Waals surface area (Å²) in [4.78, 5) is 21.1. The Hall–Kier alpha value is -3.96. The third-order valence-electron chi connectivity index (χ3n) is 9.34. The quantitative estimate of drug-likeness (QED) is 0.146. The maximum atomic E-state index is 13.5. The molecule has 5 nitrogen and oxygen atoms in total. The van der Waals surface area contributed by atoms with Gasteiger partial charge in [0.1, 0.15) is 17.7 Å². The predicted molar refractivity (Wildman–Crippen MR) is 185 cm³/mol. The topological polar surface area (TPSA) is 69.2 Å². The first kappa shape index (κ1) is 34.4. The van der Waals surface area contributed by atoms with E-state index in [9.17, 15) is 18.1 Å². The van der Waals surface area contributed by atoms with Crippen molar-refractivity contribution in [1.29, 1.82) is 0 Å². The number of ether oxygens (including phenoxy) is 1. The largest absolute Gasteiger partial charge is 0.462 e. The molecule has 1 saturated carbocycles. The zero-order chi connectivity index (χ0) is 33.7. The molecule has 2 fully saturated rings. The van der Waals surface area contributed by atoms with E-state index in [1.807, 2.05) is 43.3 Å². The Labute approximate surface area is 276 Å². The summed E-state index contributed by atoms with van der Waals surface area (Å²) in [6.07, 6.45) is 10.3. The van der Waals surface area contributed by atoms with Gasteiger partial charge in [0, 0.05) is 41.3 Å². The van der Waals surface area contributed by atoms with Gasteiger partial charge < -0.3 is 9.30 Å². The molecule has 0 amide bonds. The van der Waals surface area contributed by atoms with Crippen molar-refractivity contribution >= 4 is 19.2 Å². The molecule has 3 heterocycles.